The molecule has 1 N–H and O–H groups in total. The Balaban J connectivity index is 1.67. The largest absolute Gasteiger partial charge is 0.443 e. The van der Waals surface area contributed by atoms with Crippen molar-refractivity contribution >= 4 is 16.8 Å². The number of benzene rings is 1. The monoisotopic (exact) mass is 241 g/mol. The van der Waals surface area contributed by atoms with Gasteiger partial charge in [0.15, 0.2) is 12.0 Å². The molecule has 1 aromatic heterocycles. The van der Waals surface area contributed by atoms with E-state index in [2.05, 4.69) is 16.4 Å². The summed E-state index contributed by atoms with van der Waals surface area (Å²) in [7, 11) is 0. The molecule has 4 nitrogen and oxygen atoms in total. The molecular formula is C14H15N3O. The van der Waals surface area contributed by atoms with E-state index in [1.54, 1.807) is 0 Å². The van der Waals surface area contributed by atoms with Crippen LogP contribution in [0.1, 0.15) is 25.7 Å². The van der Waals surface area contributed by atoms with Crippen LogP contribution in [0, 0.1) is 17.2 Å². The molecule has 1 saturated carbocycles. The molecule has 1 fully saturated rings. The maximum absolute atomic E-state index is 8.87. The van der Waals surface area contributed by atoms with E-state index in [4.69, 9.17) is 9.68 Å². The standard InChI is InChI=1S/C14H15N3O/c15-8-10-1-3-11(4-2-10)17-12-5-6-13-14(7-12)18-9-16-13/h5-7,9-11,17H,1-4H2. The fourth-order valence-electron chi connectivity index (χ4n) is 2.55. The first-order valence-corrected chi connectivity index (χ1v) is 6.34. The van der Waals surface area contributed by atoms with Gasteiger partial charge in [0.05, 0.1) is 6.07 Å². The van der Waals surface area contributed by atoms with Crippen molar-refractivity contribution in [3.05, 3.63) is 24.6 Å². The third-order valence-corrected chi connectivity index (χ3v) is 3.61. The van der Waals surface area contributed by atoms with Gasteiger partial charge in [0, 0.05) is 23.7 Å². The van der Waals surface area contributed by atoms with E-state index in [1.807, 2.05) is 18.2 Å². The average Bonchev–Trinajstić information content (AvgIpc) is 2.87. The second-order valence-corrected chi connectivity index (χ2v) is 4.86. The van der Waals surface area contributed by atoms with Crippen molar-refractivity contribution < 1.29 is 4.42 Å². The van der Waals surface area contributed by atoms with Crippen molar-refractivity contribution in [2.45, 2.75) is 31.7 Å². The molecule has 1 aliphatic rings. The normalized spacial score (nSPS) is 23.7. The van der Waals surface area contributed by atoms with Gasteiger partial charge in [-0.2, -0.15) is 5.26 Å². The molecule has 2 aromatic rings. The lowest BCUT2D eigenvalue weighted by Gasteiger charge is -2.26. The van der Waals surface area contributed by atoms with Crippen LogP contribution in [0.25, 0.3) is 11.1 Å². The fraction of sp³-hybridized carbons (Fsp3) is 0.429. The molecule has 0 bridgehead atoms. The summed E-state index contributed by atoms with van der Waals surface area (Å²) >= 11 is 0. The second kappa shape index (κ2) is 4.69. The Kier molecular flexibility index (Phi) is 2.89. The topological polar surface area (TPSA) is 61.9 Å². The summed E-state index contributed by atoms with van der Waals surface area (Å²) in [5.41, 5.74) is 2.76. The highest BCUT2D eigenvalue weighted by Crippen LogP contribution is 2.27. The molecule has 1 aliphatic carbocycles. The molecule has 1 aromatic carbocycles. The minimum Gasteiger partial charge on any atom is -0.443 e. The number of fused-ring (bicyclic) bond motifs is 1. The first-order chi connectivity index (χ1) is 8.85. The minimum atomic E-state index is 0.250. The molecule has 3 rings (SSSR count). The Morgan fingerprint density at radius 2 is 2.11 bits per heavy atom. The van der Waals surface area contributed by atoms with Crippen molar-refractivity contribution in [2.75, 3.05) is 5.32 Å². The van der Waals surface area contributed by atoms with Crippen molar-refractivity contribution in [1.82, 2.24) is 4.98 Å². The lowest BCUT2D eigenvalue weighted by atomic mass is 9.87. The van der Waals surface area contributed by atoms with Gasteiger partial charge >= 0.3 is 0 Å². The molecule has 0 spiro atoms. The van der Waals surface area contributed by atoms with Crippen LogP contribution in [0.4, 0.5) is 5.69 Å². The van der Waals surface area contributed by atoms with E-state index in [0.29, 0.717) is 6.04 Å². The molecule has 0 amide bonds. The zero-order valence-corrected chi connectivity index (χ0v) is 10.1. The number of nitriles is 1. The fourth-order valence-corrected chi connectivity index (χ4v) is 2.55. The summed E-state index contributed by atoms with van der Waals surface area (Å²) in [6.45, 7) is 0. The Morgan fingerprint density at radius 1 is 1.28 bits per heavy atom. The Hall–Kier alpha value is -2.02. The zero-order chi connectivity index (χ0) is 12.4. The summed E-state index contributed by atoms with van der Waals surface area (Å²) in [4.78, 5) is 4.10. The van der Waals surface area contributed by atoms with Crippen LogP contribution in [0.2, 0.25) is 0 Å². The summed E-state index contributed by atoms with van der Waals surface area (Å²) in [5.74, 6) is 0.250. The summed E-state index contributed by atoms with van der Waals surface area (Å²) in [6, 6.07) is 8.80. The lowest BCUT2D eigenvalue weighted by molar-refractivity contribution is 0.397. The SMILES string of the molecule is N#CC1CCC(Nc2ccc3ncoc3c2)CC1. The summed E-state index contributed by atoms with van der Waals surface area (Å²) in [6.07, 6.45) is 5.59. The third-order valence-electron chi connectivity index (χ3n) is 3.61. The molecule has 18 heavy (non-hydrogen) atoms. The van der Waals surface area contributed by atoms with Crippen LogP contribution in [0.15, 0.2) is 29.0 Å². The highest BCUT2D eigenvalue weighted by molar-refractivity contribution is 5.76. The van der Waals surface area contributed by atoms with Gasteiger partial charge in [0.2, 0.25) is 0 Å². The quantitative estimate of drug-likeness (QED) is 0.876. The number of hydrogen-bond acceptors (Lipinski definition) is 4. The number of anilines is 1. The van der Waals surface area contributed by atoms with Gasteiger partial charge in [-0.25, -0.2) is 4.98 Å². The van der Waals surface area contributed by atoms with Crippen molar-refractivity contribution in [3.63, 3.8) is 0 Å². The van der Waals surface area contributed by atoms with Crippen LogP contribution < -0.4 is 5.32 Å². The Morgan fingerprint density at radius 3 is 2.89 bits per heavy atom. The molecule has 0 atom stereocenters. The maximum Gasteiger partial charge on any atom is 0.181 e. The molecule has 0 saturated heterocycles. The Bertz CT molecular complexity index is 576. The molecule has 1 heterocycles. The van der Waals surface area contributed by atoms with E-state index in [9.17, 15) is 0 Å². The smallest absolute Gasteiger partial charge is 0.181 e. The lowest BCUT2D eigenvalue weighted by Crippen LogP contribution is -2.25. The van der Waals surface area contributed by atoms with E-state index in [0.717, 1.165) is 42.5 Å². The van der Waals surface area contributed by atoms with E-state index >= 15 is 0 Å². The first kappa shape index (κ1) is 11.1. The van der Waals surface area contributed by atoms with Crippen LogP contribution in [-0.2, 0) is 0 Å². The van der Waals surface area contributed by atoms with Gasteiger partial charge in [-0.15, -0.1) is 0 Å². The number of aromatic nitrogens is 1. The molecular weight excluding hydrogens is 226 g/mol. The van der Waals surface area contributed by atoms with Gasteiger partial charge in [0.1, 0.15) is 5.52 Å². The summed E-state index contributed by atoms with van der Waals surface area (Å²) in [5, 5.41) is 12.4. The molecule has 0 unspecified atom stereocenters. The molecule has 4 heteroatoms. The highest BCUT2D eigenvalue weighted by atomic mass is 16.3. The zero-order valence-electron chi connectivity index (χ0n) is 10.1. The predicted octanol–water partition coefficient (Wildman–Crippen LogP) is 3.32. The average molecular weight is 241 g/mol. The highest BCUT2D eigenvalue weighted by Gasteiger charge is 2.20. The molecule has 92 valence electrons. The van der Waals surface area contributed by atoms with Crippen LogP contribution in [0.5, 0.6) is 0 Å². The summed E-state index contributed by atoms with van der Waals surface area (Å²) < 4.78 is 5.29. The molecule has 0 aliphatic heterocycles. The number of hydrogen-bond donors (Lipinski definition) is 1. The predicted molar refractivity (Wildman–Crippen MR) is 69.0 cm³/mol. The van der Waals surface area contributed by atoms with Gasteiger partial charge in [-0.3, -0.25) is 0 Å². The van der Waals surface area contributed by atoms with Crippen LogP contribution in [0.3, 0.4) is 0 Å². The van der Waals surface area contributed by atoms with E-state index in [-0.39, 0.29) is 5.92 Å². The Labute approximate surface area is 106 Å². The minimum absolute atomic E-state index is 0.250. The van der Waals surface area contributed by atoms with Gasteiger partial charge in [-0.1, -0.05) is 0 Å². The van der Waals surface area contributed by atoms with Gasteiger partial charge < -0.3 is 9.73 Å². The third kappa shape index (κ3) is 2.17. The van der Waals surface area contributed by atoms with Crippen molar-refractivity contribution in [2.24, 2.45) is 5.92 Å². The number of nitrogens with one attached hydrogen (secondary N) is 1. The van der Waals surface area contributed by atoms with E-state index in [1.165, 1.54) is 6.39 Å². The number of rotatable bonds is 2. The number of nitrogens with zero attached hydrogens (tertiary/aromatic N) is 2. The molecule has 0 radical (unpaired) electrons. The van der Waals surface area contributed by atoms with Gasteiger partial charge in [-0.05, 0) is 37.8 Å². The van der Waals surface area contributed by atoms with E-state index < -0.39 is 0 Å². The van der Waals surface area contributed by atoms with Crippen LogP contribution >= 0.6 is 0 Å². The van der Waals surface area contributed by atoms with Crippen LogP contribution in [-0.4, -0.2) is 11.0 Å². The van der Waals surface area contributed by atoms with Crippen molar-refractivity contribution in [3.8, 4) is 6.07 Å². The first-order valence-electron chi connectivity index (χ1n) is 6.34. The number of oxazole rings is 1. The van der Waals surface area contributed by atoms with Gasteiger partial charge in [0.25, 0.3) is 0 Å². The maximum atomic E-state index is 8.87. The second-order valence-electron chi connectivity index (χ2n) is 4.86. The van der Waals surface area contributed by atoms with Crippen molar-refractivity contribution in [1.29, 1.82) is 5.26 Å².